The van der Waals surface area contributed by atoms with Crippen LogP contribution in [0.5, 0.6) is 0 Å². The number of carbonyl (C=O) groups is 1. The van der Waals surface area contributed by atoms with Crippen LogP contribution in [0, 0.1) is 0 Å². The first-order valence-corrected chi connectivity index (χ1v) is 5.82. The Kier molecular flexibility index (Phi) is 9.18. The maximum atomic E-state index is 11.3. The molecule has 0 unspecified atom stereocenters. The molecular formula is C11H24N2O3. The Labute approximate surface area is 98.1 Å². The van der Waals surface area contributed by atoms with Crippen LogP contribution in [0.4, 0.5) is 0 Å². The predicted molar refractivity (Wildman–Crippen MR) is 63.2 cm³/mol. The molecule has 0 radical (unpaired) electrons. The molecule has 0 aromatic carbocycles. The Morgan fingerprint density at radius 2 is 1.81 bits per heavy atom. The quantitative estimate of drug-likeness (QED) is 0.587. The minimum atomic E-state index is -0.255. The molecule has 16 heavy (non-hydrogen) atoms. The fraction of sp³-hybridized carbons (Fsp3) is 0.909. The van der Waals surface area contributed by atoms with Crippen molar-refractivity contribution in [3.63, 3.8) is 0 Å². The molecule has 0 rings (SSSR count). The van der Waals surface area contributed by atoms with E-state index < -0.39 is 0 Å². The fourth-order valence-corrected chi connectivity index (χ4v) is 1.34. The smallest absolute Gasteiger partial charge is 0.234 e. The van der Waals surface area contributed by atoms with E-state index in [2.05, 4.69) is 5.32 Å². The van der Waals surface area contributed by atoms with Crippen LogP contribution >= 0.6 is 0 Å². The molecule has 0 aromatic rings. The van der Waals surface area contributed by atoms with E-state index in [1.807, 2.05) is 32.7 Å². The first-order valence-electron chi connectivity index (χ1n) is 5.82. The van der Waals surface area contributed by atoms with Crippen molar-refractivity contribution in [2.45, 2.75) is 27.1 Å². The summed E-state index contributed by atoms with van der Waals surface area (Å²) in [4.78, 5) is 13.2. The molecule has 5 heteroatoms. The van der Waals surface area contributed by atoms with Gasteiger partial charge >= 0.3 is 0 Å². The van der Waals surface area contributed by atoms with Gasteiger partial charge in [-0.15, -0.1) is 0 Å². The SMILES string of the molecule is CCNC(=O)CN(C)CC(OCC)OCC. The van der Waals surface area contributed by atoms with Crippen molar-refractivity contribution in [2.75, 3.05) is 39.9 Å². The Morgan fingerprint density at radius 1 is 1.25 bits per heavy atom. The number of nitrogens with zero attached hydrogens (tertiary/aromatic N) is 1. The first-order chi connectivity index (χ1) is 7.63. The summed E-state index contributed by atoms with van der Waals surface area (Å²) in [6.07, 6.45) is -0.255. The van der Waals surface area contributed by atoms with E-state index in [4.69, 9.17) is 9.47 Å². The first kappa shape index (κ1) is 15.3. The minimum absolute atomic E-state index is 0.0248. The minimum Gasteiger partial charge on any atom is -0.355 e. The lowest BCUT2D eigenvalue weighted by Gasteiger charge is -2.23. The van der Waals surface area contributed by atoms with Crippen LogP contribution in [-0.4, -0.2) is 57.0 Å². The maximum Gasteiger partial charge on any atom is 0.234 e. The molecule has 1 N–H and O–H groups in total. The Bertz CT molecular complexity index is 182. The normalized spacial score (nSPS) is 11.1. The highest BCUT2D eigenvalue weighted by Gasteiger charge is 2.13. The molecule has 0 heterocycles. The molecule has 0 aliphatic carbocycles. The van der Waals surface area contributed by atoms with Crippen molar-refractivity contribution >= 4 is 5.91 Å². The van der Waals surface area contributed by atoms with Gasteiger partial charge in [-0.1, -0.05) is 0 Å². The molecule has 0 saturated heterocycles. The van der Waals surface area contributed by atoms with Gasteiger partial charge in [-0.2, -0.15) is 0 Å². The maximum absolute atomic E-state index is 11.3. The third-order valence-corrected chi connectivity index (χ3v) is 1.95. The molecule has 0 aromatic heterocycles. The second kappa shape index (κ2) is 9.57. The zero-order valence-electron chi connectivity index (χ0n) is 10.8. The largest absolute Gasteiger partial charge is 0.355 e. The fourth-order valence-electron chi connectivity index (χ4n) is 1.34. The molecular weight excluding hydrogens is 208 g/mol. The van der Waals surface area contributed by atoms with Gasteiger partial charge in [0, 0.05) is 26.3 Å². The van der Waals surface area contributed by atoms with Gasteiger partial charge in [0.25, 0.3) is 0 Å². The number of rotatable bonds is 9. The van der Waals surface area contributed by atoms with Crippen LogP contribution in [0.1, 0.15) is 20.8 Å². The van der Waals surface area contributed by atoms with E-state index >= 15 is 0 Å². The van der Waals surface area contributed by atoms with E-state index in [9.17, 15) is 4.79 Å². The topological polar surface area (TPSA) is 50.8 Å². The Balaban J connectivity index is 3.88. The number of hydrogen-bond acceptors (Lipinski definition) is 4. The average molecular weight is 232 g/mol. The van der Waals surface area contributed by atoms with Crippen LogP contribution in [0.3, 0.4) is 0 Å². The highest BCUT2D eigenvalue weighted by Crippen LogP contribution is 1.97. The predicted octanol–water partition coefficient (Wildman–Crippen LogP) is 0.453. The van der Waals surface area contributed by atoms with Crippen LogP contribution in [0.2, 0.25) is 0 Å². The van der Waals surface area contributed by atoms with E-state index in [0.717, 1.165) is 0 Å². The molecule has 0 aliphatic rings. The van der Waals surface area contributed by atoms with Gasteiger partial charge in [0.05, 0.1) is 6.54 Å². The van der Waals surface area contributed by atoms with E-state index in [1.54, 1.807) is 0 Å². The zero-order valence-corrected chi connectivity index (χ0v) is 10.8. The molecule has 1 amide bonds. The lowest BCUT2D eigenvalue weighted by Crippen LogP contribution is -2.40. The number of likely N-dealkylation sites (N-methyl/N-ethyl adjacent to an activating group) is 2. The zero-order chi connectivity index (χ0) is 12.4. The molecule has 5 nitrogen and oxygen atoms in total. The van der Waals surface area contributed by atoms with Gasteiger partial charge in [-0.25, -0.2) is 0 Å². The van der Waals surface area contributed by atoms with Crippen molar-refractivity contribution in [2.24, 2.45) is 0 Å². The van der Waals surface area contributed by atoms with E-state index in [1.165, 1.54) is 0 Å². The van der Waals surface area contributed by atoms with Crippen molar-refractivity contribution in [3.05, 3.63) is 0 Å². The van der Waals surface area contributed by atoms with Crippen molar-refractivity contribution in [1.82, 2.24) is 10.2 Å². The van der Waals surface area contributed by atoms with Crippen LogP contribution in [-0.2, 0) is 14.3 Å². The number of amides is 1. The van der Waals surface area contributed by atoms with Gasteiger partial charge in [-0.3, -0.25) is 9.69 Å². The van der Waals surface area contributed by atoms with Crippen LogP contribution in [0.25, 0.3) is 0 Å². The van der Waals surface area contributed by atoms with Gasteiger partial charge in [0.2, 0.25) is 5.91 Å². The van der Waals surface area contributed by atoms with E-state index in [-0.39, 0.29) is 12.2 Å². The lowest BCUT2D eigenvalue weighted by atomic mass is 10.4. The van der Waals surface area contributed by atoms with Crippen LogP contribution in [0.15, 0.2) is 0 Å². The molecule has 0 spiro atoms. The number of hydrogen-bond donors (Lipinski definition) is 1. The highest BCUT2D eigenvalue weighted by molar-refractivity contribution is 5.77. The summed E-state index contributed by atoms with van der Waals surface area (Å²) in [7, 11) is 1.88. The molecule has 0 bridgehead atoms. The summed E-state index contributed by atoms with van der Waals surface area (Å²) in [5.41, 5.74) is 0. The summed E-state index contributed by atoms with van der Waals surface area (Å²) >= 11 is 0. The third-order valence-electron chi connectivity index (χ3n) is 1.95. The number of carbonyl (C=O) groups excluding carboxylic acids is 1. The molecule has 0 fully saturated rings. The second-order valence-electron chi connectivity index (χ2n) is 3.49. The molecule has 96 valence electrons. The summed E-state index contributed by atoms with van der Waals surface area (Å²) in [5.74, 6) is 0.0248. The number of ether oxygens (including phenoxy) is 2. The van der Waals surface area contributed by atoms with Gasteiger partial charge in [0.15, 0.2) is 6.29 Å². The van der Waals surface area contributed by atoms with Crippen LogP contribution < -0.4 is 5.32 Å². The van der Waals surface area contributed by atoms with Crippen molar-refractivity contribution < 1.29 is 14.3 Å². The highest BCUT2D eigenvalue weighted by atomic mass is 16.7. The van der Waals surface area contributed by atoms with Crippen molar-refractivity contribution in [1.29, 1.82) is 0 Å². The average Bonchev–Trinajstić information content (AvgIpc) is 2.18. The second-order valence-corrected chi connectivity index (χ2v) is 3.49. The Hall–Kier alpha value is -0.650. The summed E-state index contributed by atoms with van der Waals surface area (Å²) in [5, 5.41) is 2.75. The van der Waals surface area contributed by atoms with Gasteiger partial charge in [0.1, 0.15) is 0 Å². The third kappa shape index (κ3) is 7.62. The summed E-state index contributed by atoms with van der Waals surface area (Å²) < 4.78 is 10.8. The lowest BCUT2D eigenvalue weighted by molar-refractivity contribution is -0.147. The van der Waals surface area contributed by atoms with Gasteiger partial charge in [-0.05, 0) is 27.8 Å². The summed E-state index contributed by atoms with van der Waals surface area (Å²) in [6, 6.07) is 0. The molecule has 0 atom stereocenters. The van der Waals surface area contributed by atoms with Crippen molar-refractivity contribution in [3.8, 4) is 0 Å². The number of nitrogens with one attached hydrogen (secondary N) is 1. The summed E-state index contributed by atoms with van der Waals surface area (Å²) in [6.45, 7) is 8.60. The monoisotopic (exact) mass is 232 g/mol. The molecule has 0 aliphatic heterocycles. The van der Waals surface area contributed by atoms with Gasteiger partial charge < -0.3 is 14.8 Å². The van der Waals surface area contributed by atoms with E-state index in [0.29, 0.717) is 32.8 Å². The Morgan fingerprint density at radius 3 is 2.25 bits per heavy atom. The molecule has 0 saturated carbocycles. The standard InChI is InChI=1S/C11H24N2O3/c1-5-12-10(14)8-13(4)9-11(15-6-2)16-7-3/h11H,5-9H2,1-4H3,(H,12,14).